The predicted molar refractivity (Wildman–Crippen MR) is 77.6 cm³/mol. The van der Waals surface area contributed by atoms with E-state index in [1.807, 2.05) is 52.0 Å². The number of esters is 1. The molecule has 20 heavy (non-hydrogen) atoms. The third-order valence-corrected chi connectivity index (χ3v) is 3.99. The first-order valence-corrected chi connectivity index (χ1v) is 6.80. The van der Waals surface area contributed by atoms with Gasteiger partial charge in [0.2, 0.25) is 0 Å². The van der Waals surface area contributed by atoms with E-state index in [-0.39, 0.29) is 23.8 Å². The van der Waals surface area contributed by atoms with Crippen LogP contribution in [0.4, 0.5) is 0 Å². The summed E-state index contributed by atoms with van der Waals surface area (Å²) in [5.41, 5.74) is 1.05. The molecule has 0 N–H and O–H groups in total. The lowest BCUT2D eigenvalue weighted by Crippen LogP contribution is -2.41. The first kappa shape index (κ1) is 15.1. The maximum Gasteiger partial charge on any atom is 0.495 e. The van der Waals surface area contributed by atoms with Crippen molar-refractivity contribution in [2.24, 2.45) is 0 Å². The first-order valence-electron chi connectivity index (χ1n) is 6.80. The molecule has 1 aromatic rings. The molecule has 2 rings (SSSR count). The van der Waals surface area contributed by atoms with Crippen molar-refractivity contribution >= 4 is 18.6 Å². The number of benzene rings is 1. The Hall–Kier alpha value is -1.33. The summed E-state index contributed by atoms with van der Waals surface area (Å²) in [7, 11) is -0.438. The van der Waals surface area contributed by atoms with Crippen molar-refractivity contribution in [1.29, 1.82) is 0 Å². The second-order valence-electron chi connectivity index (χ2n) is 6.07. The lowest BCUT2D eigenvalue weighted by molar-refractivity contribution is -0.142. The fourth-order valence-corrected chi connectivity index (χ4v) is 2.04. The average molecular weight is 276 g/mol. The summed E-state index contributed by atoms with van der Waals surface area (Å²) < 4.78 is 17.2. The number of ether oxygens (including phenoxy) is 1. The van der Waals surface area contributed by atoms with Crippen LogP contribution in [0.5, 0.6) is 0 Å². The molecule has 1 fully saturated rings. The summed E-state index contributed by atoms with van der Waals surface area (Å²) in [6.07, 6.45) is 0. The second kappa shape index (κ2) is 5.22. The molecule has 5 heteroatoms. The molecule has 1 heterocycles. The smallest absolute Gasteiger partial charge is 0.461 e. The van der Waals surface area contributed by atoms with Crippen LogP contribution in [0.3, 0.4) is 0 Å². The van der Waals surface area contributed by atoms with E-state index in [1.54, 1.807) is 0 Å². The molecule has 0 bridgehead atoms. The third-order valence-electron chi connectivity index (χ3n) is 3.99. The quantitative estimate of drug-likeness (QED) is 0.626. The van der Waals surface area contributed by atoms with Gasteiger partial charge in [-0.05, 0) is 38.7 Å². The Labute approximate surface area is 120 Å². The highest BCUT2D eigenvalue weighted by molar-refractivity contribution is 6.62. The molecular formula is C15H21BO4. The van der Waals surface area contributed by atoms with Crippen LogP contribution in [0.25, 0.3) is 0 Å². The van der Waals surface area contributed by atoms with Crippen molar-refractivity contribution in [3.05, 3.63) is 29.8 Å². The van der Waals surface area contributed by atoms with Gasteiger partial charge in [0.25, 0.3) is 0 Å². The van der Waals surface area contributed by atoms with Crippen LogP contribution in [-0.4, -0.2) is 24.3 Å². The van der Waals surface area contributed by atoms with Gasteiger partial charge in [-0.25, -0.2) is 0 Å². The monoisotopic (exact) mass is 276 g/mol. The molecule has 0 aromatic heterocycles. The van der Waals surface area contributed by atoms with E-state index >= 15 is 0 Å². The van der Waals surface area contributed by atoms with E-state index in [2.05, 4.69) is 0 Å². The average Bonchev–Trinajstić information content (AvgIpc) is 2.56. The molecular weight excluding hydrogens is 255 g/mol. The summed E-state index contributed by atoms with van der Waals surface area (Å²) in [5, 5.41) is 0. The highest BCUT2D eigenvalue weighted by Gasteiger charge is 2.52. The first-order chi connectivity index (χ1) is 9.23. The van der Waals surface area contributed by atoms with E-state index in [9.17, 15) is 4.79 Å². The van der Waals surface area contributed by atoms with E-state index in [1.165, 1.54) is 6.92 Å². The summed E-state index contributed by atoms with van der Waals surface area (Å²) in [6.45, 7) is 9.69. The minimum Gasteiger partial charge on any atom is -0.461 e. The van der Waals surface area contributed by atoms with Crippen LogP contribution in [0, 0.1) is 0 Å². The van der Waals surface area contributed by atoms with Gasteiger partial charge >= 0.3 is 13.1 Å². The maximum atomic E-state index is 11.0. The number of carbonyl (C=O) groups is 1. The molecule has 1 aliphatic rings. The zero-order chi connectivity index (χ0) is 15.0. The van der Waals surface area contributed by atoms with Crippen molar-refractivity contribution in [3.8, 4) is 0 Å². The lowest BCUT2D eigenvalue weighted by atomic mass is 9.76. The van der Waals surface area contributed by atoms with Gasteiger partial charge in [0.05, 0.1) is 11.2 Å². The summed E-state index contributed by atoms with van der Waals surface area (Å²) in [6, 6.07) is 7.70. The third kappa shape index (κ3) is 2.89. The topological polar surface area (TPSA) is 44.8 Å². The number of hydrogen-bond acceptors (Lipinski definition) is 4. The molecule has 0 aliphatic carbocycles. The molecule has 0 spiro atoms. The summed E-state index contributed by atoms with van der Waals surface area (Å²) in [5.74, 6) is -0.297. The Kier molecular flexibility index (Phi) is 3.94. The van der Waals surface area contributed by atoms with Gasteiger partial charge in [0, 0.05) is 6.92 Å². The fourth-order valence-electron chi connectivity index (χ4n) is 2.04. The molecule has 0 radical (unpaired) electrons. The van der Waals surface area contributed by atoms with Crippen LogP contribution in [0.1, 0.15) is 40.2 Å². The number of carbonyl (C=O) groups excluding carboxylic acids is 1. The molecule has 0 amide bonds. The van der Waals surface area contributed by atoms with Crippen molar-refractivity contribution in [2.75, 3.05) is 0 Å². The lowest BCUT2D eigenvalue weighted by Gasteiger charge is -2.32. The number of hydrogen-bond donors (Lipinski definition) is 0. The van der Waals surface area contributed by atoms with E-state index in [4.69, 9.17) is 14.0 Å². The zero-order valence-corrected chi connectivity index (χ0v) is 12.7. The molecule has 4 nitrogen and oxygen atoms in total. The van der Waals surface area contributed by atoms with Crippen LogP contribution in [-0.2, 0) is 25.4 Å². The van der Waals surface area contributed by atoms with Gasteiger partial charge in [0.15, 0.2) is 0 Å². The SMILES string of the molecule is CC(=O)OCc1ccccc1B1OC(C)(C)C(C)(C)O1. The standard InChI is InChI=1S/C15H21BO4/c1-11(17)18-10-12-8-6-7-9-13(12)16-19-14(2,3)15(4,5)20-16/h6-9H,10H2,1-5H3. The van der Waals surface area contributed by atoms with E-state index in [0.717, 1.165) is 11.0 Å². The predicted octanol–water partition coefficient (Wildman–Crippen LogP) is 2.05. The van der Waals surface area contributed by atoms with Crippen LogP contribution >= 0.6 is 0 Å². The highest BCUT2D eigenvalue weighted by atomic mass is 16.7. The summed E-state index contributed by atoms with van der Waals surface area (Å²) >= 11 is 0. The Morgan fingerprint density at radius 3 is 2.25 bits per heavy atom. The van der Waals surface area contributed by atoms with Gasteiger partial charge in [0.1, 0.15) is 6.61 Å². The Balaban J connectivity index is 2.24. The zero-order valence-electron chi connectivity index (χ0n) is 12.7. The second-order valence-corrected chi connectivity index (χ2v) is 6.07. The highest BCUT2D eigenvalue weighted by Crippen LogP contribution is 2.36. The fraction of sp³-hybridized carbons (Fsp3) is 0.533. The molecule has 0 unspecified atom stereocenters. The van der Waals surface area contributed by atoms with Gasteiger partial charge < -0.3 is 14.0 Å². The minimum absolute atomic E-state index is 0.232. The normalized spacial score (nSPS) is 19.9. The Morgan fingerprint density at radius 2 is 1.70 bits per heavy atom. The van der Waals surface area contributed by atoms with Gasteiger partial charge in [-0.2, -0.15) is 0 Å². The maximum absolute atomic E-state index is 11.0. The van der Waals surface area contributed by atoms with E-state index in [0.29, 0.717) is 0 Å². The largest absolute Gasteiger partial charge is 0.495 e. The molecule has 0 saturated carbocycles. The van der Waals surface area contributed by atoms with Gasteiger partial charge in [-0.15, -0.1) is 0 Å². The van der Waals surface area contributed by atoms with E-state index < -0.39 is 7.12 Å². The van der Waals surface area contributed by atoms with Gasteiger partial charge in [-0.3, -0.25) is 4.79 Å². The van der Waals surface area contributed by atoms with Gasteiger partial charge in [-0.1, -0.05) is 24.3 Å². The molecule has 1 aliphatic heterocycles. The molecule has 108 valence electrons. The van der Waals surface area contributed by atoms with Crippen molar-refractivity contribution < 1.29 is 18.8 Å². The van der Waals surface area contributed by atoms with Crippen molar-refractivity contribution in [1.82, 2.24) is 0 Å². The summed E-state index contributed by atoms with van der Waals surface area (Å²) in [4.78, 5) is 11.0. The Bertz CT molecular complexity index is 494. The van der Waals surface area contributed by atoms with Crippen molar-refractivity contribution in [2.45, 2.75) is 52.4 Å². The molecule has 0 atom stereocenters. The van der Waals surface area contributed by atoms with Crippen LogP contribution < -0.4 is 5.46 Å². The molecule has 1 saturated heterocycles. The van der Waals surface area contributed by atoms with Crippen LogP contribution in [0.15, 0.2) is 24.3 Å². The number of rotatable bonds is 3. The van der Waals surface area contributed by atoms with Crippen LogP contribution in [0.2, 0.25) is 0 Å². The molecule has 1 aromatic carbocycles. The minimum atomic E-state index is -0.438. The van der Waals surface area contributed by atoms with Crippen molar-refractivity contribution in [3.63, 3.8) is 0 Å². The Morgan fingerprint density at radius 1 is 1.15 bits per heavy atom.